The molecule has 2 heterocycles. The van der Waals surface area contributed by atoms with Crippen LogP contribution in [0.2, 0.25) is 5.02 Å². The van der Waals surface area contributed by atoms with Gasteiger partial charge in [0.2, 0.25) is 10.0 Å². The molecule has 5 nitrogen and oxygen atoms in total. The summed E-state index contributed by atoms with van der Waals surface area (Å²) >= 11 is 11.0. The van der Waals surface area contributed by atoms with Crippen LogP contribution < -0.4 is 4.72 Å². The number of hydrogen-bond acceptors (Lipinski definition) is 5. The summed E-state index contributed by atoms with van der Waals surface area (Å²) in [5.41, 5.74) is 2.36. The Morgan fingerprint density at radius 3 is 2.58 bits per heavy atom. The highest BCUT2D eigenvalue weighted by atomic mass is 35.5. The lowest BCUT2D eigenvalue weighted by Crippen LogP contribution is -2.48. The van der Waals surface area contributed by atoms with Crippen LogP contribution in [0.3, 0.4) is 0 Å². The van der Waals surface area contributed by atoms with Gasteiger partial charge in [-0.25, -0.2) is 13.1 Å². The molecule has 2 aliphatic rings. The summed E-state index contributed by atoms with van der Waals surface area (Å²) in [6.45, 7) is 5.78. The number of hydrogen-bond donors (Lipinski definition) is 2. The molecule has 1 N–H and O–H groups in total. The summed E-state index contributed by atoms with van der Waals surface area (Å²) in [6.07, 6.45) is 2.08. The van der Waals surface area contributed by atoms with Crippen molar-refractivity contribution < 1.29 is 13.2 Å². The highest BCUT2D eigenvalue weighted by Crippen LogP contribution is 2.34. The number of halogens is 1. The molecule has 1 atom stereocenters. The van der Waals surface area contributed by atoms with Crippen LogP contribution in [0.15, 0.2) is 18.2 Å². The van der Waals surface area contributed by atoms with Crippen LogP contribution in [0.5, 0.6) is 0 Å². The van der Waals surface area contributed by atoms with Crippen LogP contribution in [0.4, 0.5) is 0 Å². The number of sulfonamides is 1. The molecule has 0 radical (unpaired) electrons. The third kappa shape index (κ3) is 4.94. The molecule has 2 saturated heterocycles. The Labute approximate surface area is 166 Å². The van der Waals surface area contributed by atoms with E-state index in [-0.39, 0.29) is 10.5 Å². The first-order chi connectivity index (χ1) is 12.4. The molecule has 2 fully saturated rings. The number of nitrogens with one attached hydrogen (secondary N) is 1. The largest absolute Gasteiger partial charge is 0.378 e. The Morgan fingerprint density at radius 2 is 2.04 bits per heavy atom. The van der Waals surface area contributed by atoms with Gasteiger partial charge in [0.15, 0.2) is 0 Å². The number of thiol groups is 1. The predicted molar refractivity (Wildman–Crippen MR) is 109 cm³/mol. The SMILES string of the molecule is CC(S)c1ccc(C2CCN(CCNS(=O)(=O)C3COC3)CC2)c(Cl)c1. The molecular formula is C18H27ClN2O3S2. The van der Waals surface area contributed by atoms with E-state index in [1.807, 2.05) is 13.0 Å². The second-order valence-electron chi connectivity index (χ2n) is 7.17. The van der Waals surface area contributed by atoms with E-state index in [1.165, 1.54) is 5.56 Å². The van der Waals surface area contributed by atoms with Gasteiger partial charge in [0.25, 0.3) is 0 Å². The highest BCUT2D eigenvalue weighted by molar-refractivity contribution is 7.90. The van der Waals surface area contributed by atoms with E-state index in [0.717, 1.165) is 43.1 Å². The summed E-state index contributed by atoms with van der Waals surface area (Å²) in [5.74, 6) is 0.465. The maximum absolute atomic E-state index is 12.0. The Bertz CT molecular complexity index is 715. The minimum absolute atomic E-state index is 0.179. The van der Waals surface area contributed by atoms with E-state index < -0.39 is 10.0 Å². The van der Waals surface area contributed by atoms with Crippen LogP contribution in [-0.4, -0.2) is 58.0 Å². The zero-order valence-corrected chi connectivity index (χ0v) is 17.5. The first-order valence-electron chi connectivity index (χ1n) is 9.13. The zero-order valence-electron chi connectivity index (χ0n) is 15.0. The van der Waals surface area contributed by atoms with E-state index >= 15 is 0 Å². The van der Waals surface area contributed by atoms with Gasteiger partial charge in [-0.1, -0.05) is 23.7 Å². The lowest BCUT2D eigenvalue weighted by Gasteiger charge is -2.33. The number of nitrogens with zero attached hydrogens (tertiary/aromatic N) is 1. The van der Waals surface area contributed by atoms with E-state index in [2.05, 4.69) is 34.4 Å². The first-order valence-corrected chi connectivity index (χ1v) is 11.6. The van der Waals surface area contributed by atoms with Crippen molar-refractivity contribution in [1.29, 1.82) is 0 Å². The van der Waals surface area contributed by atoms with Gasteiger partial charge in [0.05, 0.1) is 13.2 Å². The Balaban J connectivity index is 1.45. The molecule has 3 rings (SSSR count). The normalized spacial score (nSPS) is 21.5. The number of rotatable bonds is 7. The van der Waals surface area contributed by atoms with E-state index in [9.17, 15) is 8.42 Å². The number of likely N-dealkylation sites (tertiary alicyclic amines) is 1. The van der Waals surface area contributed by atoms with Gasteiger partial charge >= 0.3 is 0 Å². The van der Waals surface area contributed by atoms with Crippen molar-refractivity contribution in [2.45, 2.75) is 36.2 Å². The fraction of sp³-hybridized carbons (Fsp3) is 0.667. The van der Waals surface area contributed by atoms with Crippen molar-refractivity contribution in [2.75, 3.05) is 39.4 Å². The molecule has 0 bridgehead atoms. The van der Waals surface area contributed by atoms with Gasteiger partial charge in [0, 0.05) is 23.4 Å². The average Bonchev–Trinajstić information content (AvgIpc) is 2.53. The summed E-state index contributed by atoms with van der Waals surface area (Å²) in [7, 11) is -3.22. The second kappa shape index (κ2) is 8.80. The van der Waals surface area contributed by atoms with Gasteiger partial charge < -0.3 is 9.64 Å². The monoisotopic (exact) mass is 418 g/mol. The Kier molecular flexibility index (Phi) is 6.91. The molecule has 146 valence electrons. The molecule has 0 aliphatic carbocycles. The van der Waals surface area contributed by atoms with Gasteiger partial charge in [-0.15, -0.1) is 0 Å². The molecule has 1 aromatic carbocycles. The van der Waals surface area contributed by atoms with Gasteiger partial charge in [0.1, 0.15) is 5.25 Å². The van der Waals surface area contributed by atoms with Gasteiger partial charge in [-0.3, -0.25) is 0 Å². The van der Waals surface area contributed by atoms with Crippen molar-refractivity contribution in [3.05, 3.63) is 34.3 Å². The minimum atomic E-state index is -3.22. The molecule has 0 aromatic heterocycles. The molecule has 0 spiro atoms. The summed E-state index contributed by atoms with van der Waals surface area (Å²) in [6, 6.07) is 6.28. The van der Waals surface area contributed by atoms with E-state index in [0.29, 0.717) is 25.7 Å². The van der Waals surface area contributed by atoms with Crippen molar-refractivity contribution in [3.63, 3.8) is 0 Å². The van der Waals surface area contributed by atoms with Crippen LogP contribution in [0.25, 0.3) is 0 Å². The molecular weight excluding hydrogens is 392 g/mol. The van der Waals surface area contributed by atoms with Crippen LogP contribution in [-0.2, 0) is 14.8 Å². The summed E-state index contributed by atoms with van der Waals surface area (Å²) in [5, 5.41) is 0.634. The fourth-order valence-electron chi connectivity index (χ4n) is 3.46. The average molecular weight is 419 g/mol. The predicted octanol–water partition coefficient (Wildman–Crippen LogP) is 2.83. The molecule has 8 heteroatoms. The quantitative estimate of drug-likeness (QED) is 0.668. The maximum Gasteiger partial charge on any atom is 0.219 e. The Morgan fingerprint density at radius 1 is 1.35 bits per heavy atom. The van der Waals surface area contributed by atoms with E-state index in [4.69, 9.17) is 16.3 Å². The second-order valence-corrected chi connectivity index (χ2v) is 10.4. The van der Waals surface area contributed by atoms with Crippen molar-refractivity contribution in [1.82, 2.24) is 9.62 Å². The van der Waals surface area contributed by atoms with Crippen molar-refractivity contribution in [2.24, 2.45) is 0 Å². The smallest absolute Gasteiger partial charge is 0.219 e. The standard InChI is InChI=1S/C18H27ClN2O3S2/c1-13(25)15-2-3-17(18(19)10-15)14-4-7-21(8-5-14)9-6-20-26(22,23)16-11-24-12-16/h2-3,10,13-14,16,20,25H,4-9,11-12H2,1H3. The molecule has 2 aliphatic heterocycles. The van der Waals surface area contributed by atoms with Crippen molar-refractivity contribution in [3.8, 4) is 0 Å². The lowest BCUT2D eigenvalue weighted by atomic mass is 9.88. The van der Waals surface area contributed by atoms with Crippen LogP contribution in [0.1, 0.15) is 42.1 Å². The first kappa shape index (κ1) is 20.4. The summed E-state index contributed by atoms with van der Waals surface area (Å²) in [4.78, 5) is 2.31. The lowest BCUT2D eigenvalue weighted by molar-refractivity contribution is 0.0411. The fourth-order valence-corrected chi connectivity index (χ4v) is 5.13. The molecule has 1 unspecified atom stereocenters. The molecule has 1 aromatic rings. The molecule has 26 heavy (non-hydrogen) atoms. The molecule has 0 amide bonds. The van der Waals surface area contributed by atoms with Gasteiger partial charge in [-0.2, -0.15) is 12.6 Å². The minimum Gasteiger partial charge on any atom is -0.378 e. The topological polar surface area (TPSA) is 58.6 Å². The van der Waals surface area contributed by atoms with E-state index in [1.54, 1.807) is 0 Å². The number of ether oxygens (including phenoxy) is 1. The number of benzene rings is 1. The molecule has 0 saturated carbocycles. The Hall–Kier alpha value is -0.310. The third-order valence-corrected chi connectivity index (χ3v) is 7.69. The zero-order chi connectivity index (χ0) is 18.7. The van der Waals surface area contributed by atoms with Gasteiger partial charge in [-0.05, 0) is 56.0 Å². The van der Waals surface area contributed by atoms with Crippen molar-refractivity contribution >= 4 is 34.3 Å². The highest BCUT2D eigenvalue weighted by Gasteiger charge is 2.32. The third-order valence-electron chi connectivity index (χ3n) is 5.31. The maximum atomic E-state index is 12.0. The number of piperidine rings is 1. The van der Waals surface area contributed by atoms with Crippen LogP contribution >= 0.6 is 24.2 Å². The summed E-state index contributed by atoms with van der Waals surface area (Å²) < 4.78 is 31.6. The van der Waals surface area contributed by atoms with Crippen LogP contribution in [0, 0.1) is 0 Å².